The predicted octanol–water partition coefficient (Wildman–Crippen LogP) is 4.67. The second kappa shape index (κ2) is 7.32. The molecule has 1 atom stereocenters. The van der Waals surface area contributed by atoms with Crippen molar-refractivity contribution in [2.24, 2.45) is 0 Å². The summed E-state index contributed by atoms with van der Waals surface area (Å²) in [5.74, 6) is -0.117. The van der Waals surface area contributed by atoms with E-state index in [0.29, 0.717) is 11.4 Å². The highest BCUT2D eigenvalue weighted by Crippen LogP contribution is 2.38. The number of hydrogen-bond acceptors (Lipinski definition) is 3. The molecule has 0 saturated heterocycles. The monoisotopic (exact) mass is 387 g/mol. The number of Topliss-reactive ketones (excluding diaryl/α,β-unsaturated/α-hetero) is 1. The summed E-state index contributed by atoms with van der Waals surface area (Å²) in [6, 6.07) is 13.8. The van der Waals surface area contributed by atoms with E-state index in [1.54, 1.807) is 4.68 Å². The second-order valence-electron chi connectivity index (χ2n) is 7.75. The average Bonchev–Trinajstić information content (AvgIpc) is 3.05. The maximum Gasteiger partial charge on any atom is 0.226 e. The lowest BCUT2D eigenvalue weighted by Gasteiger charge is -2.23. The molecule has 0 saturated carbocycles. The maximum absolute atomic E-state index is 13.3. The van der Waals surface area contributed by atoms with Crippen LogP contribution in [0.3, 0.4) is 0 Å². The van der Waals surface area contributed by atoms with Crippen LogP contribution in [0.4, 0.5) is 5.82 Å². The van der Waals surface area contributed by atoms with Gasteiger partial charge in [-0.2, -0.15) is 5.10 Å². The number of anilines is 1. The highest BCUT2D eigenvalue weighted by atomic mass is 16.2. The summed E-state index contributed by atoms with van der Waals surface area (Å²) in [5.41, 5.74) is 6.53. The summed E-state index contributed by atoms with van der Waals surface area (Å²) in [6.07, 6.45) is 1.10. The zero-order valence-electron chi connectivity index (χ0n) is 17.2. The van der Waals surface area contributed by atoms with E-state index >= 15 is 0 Å². The van der Waals surface area contributed by atoms with Crippen molar-refractivity contribution in [2.45, 2.75) is 46.5 Å². The Labute approximate surface area is 170 Å². The van der Waals surface area contributed by atoms with Crippen LogP contribution in [0, 0.1) is 20.8 Å². The topological polar surface area (TPSA) is 64.0 Å². The van der Waals surface area contributed by atoms with Crippen LogP contribution in [0.5, 0.6) is 0 Å². The normalized spacial score (nSPS) is 15.7. The smallest absolute Gasteiger partial charge is 0.226 e. The third-order valence-electron chi connectivity index (χ3n) is 5.80. The van der Waals surface area contributed by atoms with Gasteiger partial charge in [0.1, 0.15) is 5.82 Å². The molecule has 0 bridgehead atoms. The van der Waals surface area contributed by atoms with Crippen molar-refractivity contribution in [3.8, 4) is 5.69 Å². The van der Waals surface area contributed by atoms with Crippen molar-refractivity contribution in [3.63, 3.8) is 0 Å². The minimum absolute atomic E-state index is 0.0341. The Hall–Kier alpha value is -3.21. The molecule has 0 unspecified atom stereocenters. The molecule has 4 rings (SSSR count). The van der Waals surface area contributed by atoms with Crippen molar-refractivity contribution >= 4 is 17.5 Å². The largest absolute Gasteiger partial charge is 0.310 e. The molecule has 0 spiro atoms. The third kappa shape index (κ3) is 3.37. The van der Waals surface area contributed by atoms with E-state index in [4.69, 9.17) is 0 Å². The first-order valence-electron chi connectivity index (χ1n) is 9.99. The van der Waals surface area contributed by atoms with E-state index in [2.05, 4.69) is 29.5 Å². The summed E-state index contributed by atoms with van der Waals surface area (Å²) >= 11 is 0. The van der Waals surface area contributed by atoms with Crippen LogP contribution in [0.2, 0.25) is 0 Å². The van der Waals surface area contributed by atoms with Gasteiger partial charge in [-0.15, -0.1) is 0 Å². The Bertz CT molecular complexity index is 1110. The van der Waals surface area contributed by atoms with Gasteiger partial charge in [-0.25, -0.2) is 4.68 Å². The number of aromatic nitrogens is 2. The number of fused-ring (bicyclic) bond motifs is 1. The number of ketones is 1. The maximum atomic E-state index is 13.3. The zero-order chi connectivity index (χ0) is 20.7. The molecule has 29 heavy (non-hydrogen) atoms. The molecule has 2 aromatic carbocycles. The minimum atomic E-state index is -0.524. The molecule has 0 fully saturated rings. The van der Waals surface area contributed by atoms with Crippen LogP contribution < -0.4 is 5.32 Å². The number of carbonyl (C=O) groups excluding carboxylic acids is 2. The summed E-state index contributed by atoms with van der Waals surface area (Å²) in [7, 11) is 0. The lowest BCUT2D eigenvalue weighted by atomic mass is 9.85. The van der Waals surface area contributed by atoms with Gasteiger partial charge in [-0.3, -0.25) is 9.59 Å². The third-order valence-corrected chi connectivity index (χ3v) is 5.80. The molecule has 1 aliphatic heterocycles. The van der Waals surface area contributed by atoms with Crippen LogP contribution in [0.1, 0.15) is 57.6 Å². The number of nitrogens with zero attached hydrogens (tertiary/aromatic N) is 2. The number of hydrogen-bond donors (Lipinski definition) is 1. The first-order valence-corrected chi connectivity index (χ1v) is 9.99. The molecule has 0 radical (unpaired) electrons. The predicted molar refractivity (Wildman–Crippen MR) is 114 cm³/mol. The lowest BCUT2D eigenvalue weighted by molar-refractivity contribution is -0.116. The highest BCUT2D eigenvalue weighted by Gasteiger charge is 2.36. The van der Waals surface area contributed by atoms with Gasteiger partial charge in [0.25, 0.3) is 0 Å². The Morgan fingerprint density at radius 2 is 1.83 bits per heavy atom. The number of amides is 1. The highest BCUT2D eigenvalue weighted by molar-refractivity contribution is 6.08. The molecule has 2 heterocycles. The summed E-state index contributed by atoms with van der Waals surface area (Å²) < 4.78 is 1.74. The first-order chi connectivity index (χ1) is 13.9. The fourth-order valence-corrected chi connectivity index (χ4v) is 3.93. The minimum Gasteiger partial charge on any atom is -0.310 e. The van der Waals surface area contributed by atoms with E-state index in [1.165, 1.54) is 5.56 Å². The molecule has 3 aromatic rings. The summed E-state index contributed by atoms with van der Waals surface area (Å²) in [4.78, 5) is 25.8. The fourth-order valence-electron chi connectivity index (χ4n) is 3.93. The van der Waals surface area contributed by atoms with E-state index in [-0.39, 0.29) is 18.1 Å². The van der Waals surface area contributed by atoms with Crippen LogP contribution >= 0.6 is 0 Å². The fraction of sp³-hybridized carbons (Fsp3) is 0.292. The second-order valence-corrected chi connectivity index (χ2v) is 7.75. The summed E-state index contributed by atoms with van der Waals surface area (Å²) in [6.45, 7) is 8.02. The van der Waals surface area contributed by atoms with Gasteiger partial charge in [-0.1, -0.05) is 31.2 Å². The average molecular weight is 387 g/mol. The standard InChI is InChI=1S/C24H25N3O2/c1-5-17-7-10-19(11-8-17)27-24-22(16(4)26-27)20(13-21(28)25-24)23(29)18-9-6-14(2)15(3)12-18/h6-12,20H,5,13H2,1-4H3,(H,25,28)/t20-/m0/s1. The number of benzene rings is 2. The molecule has 1 amide bonds. The van der Waals surface area contributed by atoms with E-state index < -0.39 is 5.92 Å². The van der Waals surface area contributed by atoms with Gasteiger partial charge in [-0.05, 0) is 62.1 Å². The molecule has 1 aliphatic rings. The molecule has 5 nitrogen and oxygen atoms in total. The van der Waals surface area contributed by atoms with Gasteiger partial charge in [0, 0.05) is 17.5 Å². The van der Waals surface area contributed by atoms with Gasteiger partial charge in [0.2, 0.25) is 5.91 Å². The van der Waals surface area contributed by atoms with Crippen molar-refractivity contribution in [2.75, 3.05) is 5.32 Å². The molecule has 148 valence electrons. The molecule has 0 aliphatic carbocycles. The number of carbonyl (C=O) groups is 2. The van der Waals surface area contributed by atoms with Gasteiger partial charge in [0.15, 0.2) is 5.78 Å². The Morgan fingerprint density at radius 3 is 2.48 bits per heavy atom. The quantitative estimate of drug-likeness (QED) is 0.662. The van der Waals surface area contributed by atoms with Gasteiger partial charge in [0.05, 0.1) is 17.3 Å². The first kappa shape index (κ1) is 19.1. The Kier molecular flexibility index (Phi) is 4.82. The van der Waals surface area contributed by atoms with Crippen LogP contribution in [0.15, 0.2) is 42.5 Å². The lowest BCUT2D eigenvalue weighted by Crippen LogP contribution is -2.28. The van der Waals surface area contributed by atoms with Crippen molar-refractivity contribution in [1.29, 1.82) is 0 Å². The van der Waals surface area contributed by atoms with Gasteiger partial charge >= 0.3 is 0 Å². The SMILES string of the molecule is CCc1ccc(-n2nc(C)c3c2NC(=O)C[C@@H]3C(=O)c2ccc(C)c(C)c2)cc1. The van der Waals surface area contributed by atoms with Crippen LogP contribution in [-0.4, -0.2) is 21.5 Å². The Morgan fingerprint density at radius 1 is 1.10 bits per heavy atom. The van der Waals surface area contributed by atoms with E-state index in [9.17, 15) is 9.59 Å². The molecule has 5 heteroatoms. The van der Waals surface area contributed by atoms with E-state index in [0.717, 1.165) is 34.5 Å². The summed E-state index contributed by atoms with van der Waals surface area (Å²) in [5, 5.41) is 7.60. The molecular weight excluding hydrogens is 362 g/mol. The molecule has 1 N–H and O–H groups in total. The van der Waals surface area contributed by atoms with Crippen LogP contribution in [0.25, 0.3) is 5.69 Å². The van der Waals surface area contributed by atoms with Crippen molar-refractivity contribution < 1.29 is 9.59 Å². The van der Waals surface area contributed by atoms with Crippen molar-refractivity contribution in [1.82, 2.24) is 9.78 Å². The van der Waals surface area contributed by atoms with Crippen LogP contribution in [-0.2, 0) is 11.2 Å². The number of rotatable bonds is 4. The number of aryl methyl sites for hydroxylation is 4. The number of nitrogens with one attached hydrogen (secondary N) is 1. The Balaban J connectivity index is 1.78. The zero-order valence-corrected chi connectivity index (χ0v) is 17.2. The molecule has 1 aromatic heterocycles. The van der Waals surface area contributed by atoms with Gasteiger partial charge < -0.3 is 5.32 Å². The molecular formula is C24H25N3O2. The van der Waals surface area contributed by atoms with Crippen molar-refractivity contribution in [3.05, 3.63) is 76.0 Å². The van der Waals surface area contributed by atoms with E-state index in [1.807, 2.05) is 51.1 Å².